The van der Waals surface area contributed by atoms with E-state index >= 15 is 0 Å². The van der Waals surface area contributed by atoms with E-state index in [0.717, 1.165) is 24.8 Å². The van der Waals surface area contributed by atoms with E-state index in [4.69, 9.17) is 4.74 Å². The molecule has 0 heterocycles. The average Bonchev–Trinajstić information content (AvgIpc) is 2.45. The molecule has 1 fully saturated rings. The van der Waals surface area contributed by atoms with Gasteiger partial charge in [0.15, 0.2) is 0 Å². The molecule has 0 aliphatic heterocycles. The number of esters is 1. The number of ether oxygens (including phenoxy) is 1. The Bertz CT molecular complexity index is 483. The van der Waals surface area contributed by atoms with Gasteiger partial charge >= 0.3 is 5.97 Å². The smallest absolute Gasteiger partial charge is 0.338 e. The van der Waals surface area contributed by atoms with Crippen molar-refractivity contribution in [1.29, 1.82) is 0 Å². The number of hydrogen-bond donors (Lipinski definition) is 2. The number of carbonyl (C=O) groups is 1. The minimum atomic E-state index is -0.737. The number of benzene rings is 1. The van der Waals surface area contributed by atoms with E-state index in [0.29, 0.717) is 17.5 Å². The first-order valence-electron chi connectivity index (χ1n) is 7.08. The van der Waals surface area contributed by atoms with Gasteiger partial charge < -0.3 is 14.9 Å². The third-order valence-corrected chi connectivity index (χ3v) is 4.15. The lowest BCUT2D eigenvalue weighted by atomic mass is 9.80. The molecule has 2 N–H and O–H groups in total. The summed E-state index contributed by atoms with van der Waals surface area (Å²) < 4.78 is 4.82. The van der Waals surface area contributed by atoms with Gasteiger partial charge in [-0.25, -0.2) is 4.79 Å². The molecule has 2 rings (SSSR count). The van der Waals surface area contributed by atoms with Crippen LogP contribution in [0, 0.1) is 12.8 Å². The second-order valence-electron chi connectivity index (χ2n) is 5.56. The summed E-state index contributed by atoms with van der Waals surface area (Å²) in [4.78, 5) is 11.9. The molecule has 1 aliphatic rings. The molecule has 0 radical (unpaired) electrons. The fourth-order valence-corrected chi connectivity index (χ4v) is 3.06. The van der Waals surface area contributed by atoms with Crippen LogP contribution in [0.3, 0.4) is 0 Å². The van der Waals surface area contributed by atoms with Crippen LogP contribution >= 0.6 is 0 Å². The highest BCUT2D eigenvalue weighted by atomic mass is 16.5. The first-order valence-corrected chi connectivity index (χ1v) is 7.08. The number of carbonyl (C=O) groups excluding carboxylic acids is 1. The number of aryl methyl sites for hydroxylation is 1. The van der Waals surface area contributed by atoms with E-state index in [-0.39, 0.29) is 12.0 Å². The maximum Gasteiger partial charge on any atom is 0.338 e. The van der Waals surface area contributed by atoms with E-state index in [1.165, 1.54) is 7.11 Å². The van der Waals surface area contributed by atoms with E-state index in [2.05, 4.69) is 0 Å². The first-order chi connectivity index (χ1) is 9.54. The molecule has 4 heteroatoms. The third-order valence-electron chi connectivity index (χ3n) is 4.15. The van der Waals surface area contributed by atoms with E-state index in [1.807, 2.05) is 19.1 Å². The Kier molecular flexibility index (Phi) is 4.78. The Hall–Kier alpha value is -1.39. The molecular weight excluding hydrogens is 256 g/mol. The van der Waals surface area contributed by atoms with Gasteiger partial charge in [0.05, 0.1) is 24.9 Å². The minimum Gasteiger partial charge on any atom is -0.465 e. The van der Waals surface area contributed by atoms with Crippen molar-refractivity contribution in [2.45, 2.75) is 44.8 Å². The van der Waals surface area contributed by atoms with Crippen LogP contribution in [-0.4, -0.2) is 29.4 Å². The molecule has 1 aromatic carbocycles. The van der Waals surface area contributed by atoms with Crippen LogP contribution in [-0.2, 0) is 4.74 Å². The summed E-state index contributed by atoms with van der Waals surface area (Å²) in [6.45, 7) is 1.83. The number of aliphatic hydroxyl groups is 2. The van der Waals surface area contributed by atoms with Gasteiger partial charge in [-0.1, -0.05) is 24.6 Å². The van der Waals surface area contributed by atoms with Crippen molar-refractivity contribution in [3.8, 4) is 0 Å². The Labute approximate surface area is 119 Å². The van der Waals surface area contributed by atoms with Crippen molar-refractivity contribution in [3.63, 3.8) is 0 Å². The van der Waals surface area contributed by atoms with E-state index < -0.39 is 12.1 Å². The van der Waals surface area contributed by atoms with Gasteiger partial charge in [-0.15, -0.1) is 0 Å². The zero-order valence-electron chi connectivity index (χ0n) is 12.0. The van der Waals surface area contributed by atoms with Crippen LogP contribution in [0.15, 0.2) is 18.2 Å². The molecule has 1 aliphatic carbocycles. The summed E-state index contributed by atoms with van der Waals surface area (Å²) in [5.74, 6) is -0.433. The Morgan fingerprint density at radius 2 is 2.15 bits per heavy atom. The SMILES string of the molecule is COC(=O)c1c(C)cccc1C(O)C1CCCC(O)C1. The van der Waals surface area contributed by atoms with Crippen LogP contribution in [0.25, 0.3) is 0 Å². The summed E-state index contributed by atoms with van der Waals surface area (Å²) in [6.07, 6.45) is 2.06. The van der Waals surface area contributed by atoms with Crippen LogP contribution in [0.1, 0.15) is 53.3 Å². The highest BCUT2D eigenvalue weighted by molar-refractivity contribution is 5.92. The lowest BCUT2D eigenvalue weighted by Crippen LogP contribution is -2.25. The van der Waals surface area contributed by atoms with E-state index in [1.54, 1.807) is 6.07 Å². The highest BCUT2D eigenvalue weighted by Crippen LogP contribution is 2.36. The van der Waals surface area contributed by atoms with Crippen LogP contribution in [0.5, 0.6) is 0 Å². The summed E-state index contributed by atoms with van der Waals surface area (Å²) >= 11 is 0. The maximum atomic E-state index is 11.9. The zero-order chi connectivity index (χ0) is 14.7. The predicted molar refractivity (Wildman–Crippen MR) is 75.4 cm³/mol. The topological polar surface area (TPSA) is 66.8 Å². The molecule has 1 aromatic rings. The fraction of sp³-hybridized carbons (Fsp3) is 0.562. The summed E-state index contributed by atoms with van der Waals surface area (Å²) in [5.41, 5.74) is 1.85. The van der Waals surface area contributed by atoms with Crippen molar-refractivity contribution < 1.29 is 19.7 Å². The Morgan fingerprint density at radius 3 is 2.80 bits per heavy atom. The zero-order valence-corrected chi connectivity index (χ0v) is 12.0. The molecular formula is C16H22O4. The van der Waals surface area contributed by atoms with Gasteiger partial charge in [0.1, 0.15) is 0 Å². The molecule has 0 aromatic heterocycles. The van der Waals surface area contributed by atoms with Crippen molar-refractivity contribution in [2.24, 2.45) is 5.92 Å². The van der Waals surface area contributed by atoms with Gasteiger partial charge in [-0.3, -0.25) is 0 Å². The summed E-state index contributed by atoms with van der Waals surface area (Å²) in [6, 6.07) is 5.43. The highest BCUT2D eigenvalue weighted by Gasteiger charge is 2.30. The molecule has 0 saturated heterocycles. The molecule has 3 atom stereocenters. The number of rotatable bonds is 3. The largest absolute Gasteiger partial charge is 0.465 e. The minimum absolute atomic E-state index is 0.0102. The Balaban J connectivity index is 2.31. The summed E-state index contributed by atoms with van der Waals surface area (Å²) in [5, 5.41) is 20.3. The van der Waals surface area contributed by atoms with Crippen molar-refractivity contribution in [1.82, 2.24) is 0 Å². The lowest BCUT2D eigenvalue weighted by Gasteiger charge is -2.30. The molecule has 20 heavy (non-hydrogen) atoms. The summed E-state index contributed by atoms with van der Waals surface area (Å²) in [7, 11) is 1.34. The first kappa shape index (κ1) is 15.0. The van der Waals surface area contributed by atoms with Crippen molar-refractivity contribution in [2.75, 3.05) is 7.11 Å². The standard InChI is InChI=1S/C16H22O4/c1-10-5-3-8-13(14(10)16(19)20-2)15(18)11-6-4-7-12(17)9-11/h3,5,8,11-12,15,17-18H,4,6-7,9H2,1-2H3. The fourth-order valence-electron chi connectivity index (χ4n) is 3.06. The number of hydrogen-bond acceptors (Lipinski definition) is 4. The van der Waals surface area contributed by atoms with Crippen LogP contribution in [0.2, 0.25) is 0 Å². The third kappa shape index (κ3) is 3.02. The second-order valence-corrected chi connectivity index (χ2v) is 5.56. The predicted octanol–water partition coefficient (Wildman–Crippen LogP) is 2.37. The molecule has 0 spiro atoms. The second kappa shape index (κ2) is 6.37. The van der Waals surface area contributed by atoms with Crippen molar-refractivity contribution >= 4 is 5.97 Å². The van der Waals surface area contributed by atoms with Gasteiger partial charge in [-0.2, -0.15) is 0 Å². The quantitative estimate of drug-likeness (QED) is 0.833. The number of aliphatic hydroxyl groups excluding tert-OH is 2. The molecule has 0 amide bonds. The Morgan fingerprint density at radius 1 is 1.40 bits per heavy atom. The molecule has 110 valence electrons. The molecule has 3 unspecified atom stereocenters. The van der Waals surface area contributed by atoms with Gasteiger partial charge in [0, 0.05) is 0 Å². The maximum absolute atomic E-state index is 11.9. The number of methoxy groups -OCH3 is 1. The molecule has 4 nitrogen and oxygen atoms in total. The van der Waals surface area contributed by atoms with Crippen LogP contribution < -0.4 is 0 Å². The molecule has 1 saturated carbocycles. The van der Waals surface area contributed by atoms with Crippen molar-refractivity contribution in [3.05, 3.63) is 34.9 Å². The lowest BCUT2D eigenvalue weighted by molar-refractivity contribution is 0.0277. The van der Waals surface area contributed by atoms with E-state index in [9.17, 15) is 15.0 Å². The van der Waals surface area contributed by atoms with Gasteiger partial charge in [0.2, 0.25) is 0 Å². The average molecular weight is 278 g/mol. The van der Waals surface area contributed by atoms with Gasteiger partial charge in [-0.05, 0) is 43.2 Å². The molecule has 0 bridgehead atoms. The normalized spacial score (nSPS) is 24.2. The van der Waals surface area contributed by atoms with Gasteiger partial charge in [0.25, 0.3) is 0 Å². The van der Waals surface area contributed by atoms with Crippen LogP contribution in [0.4, 0.5) is 0 Å². The monoisotopic (exact) mass is 278 g/mol.